The minimum absolute atomic E-state index is 0. The van der Waals surface area contributed by atoms with Crippen LogP contribution in [0.25, 0.3) is 10.9 Å². The summed E-state index contributed by atoms with van der Waals surface area (Å²) in [5.41, 5.74) is 2.57. The van der Waals surface area contributed by atoms with Gasteiger partial charge in [-0.25, -0.2) is 4.68 Å². The monoisotopic (exact) mass is 593 g/mol. The quantitative estimate of drug-likeness (QED) is 0.297. The number of halogens is 1. The van der Waals surface area contributed by atoms with Crippen LogP contribution in [0.3, 0.4) is 0 Å². The van der Waals surface area contributed by atoms with E-state index in [-0.39, 0.29) is 30.0 Å². The molecule has 1 atom stereocenters. The summed E-state index contributed by atoms with van der Waals surface area (Å²) >= 11 is 0. The summed E-state index contributed by atoms with van der Waals surface area (Å²) in [5.74, 6) is 2.41. The highest BCUT2D eigenvalue weighted by Crippen LogP contribution is 2.34. The molecule has 3 heterocycles. The van der Waals surface area contributed by atoms with Crippen LogP contribution in [0.4, 0.5) is 0 Å². The zero-order valence-corrected chi connectivity index (χ0v) is 25.2. The van der Waals surface area contributed by atoms with Crippen LogP contribution in [0.1, 0.15) is 68.1 Å². The highest BCUT2D eigenvalue weighted by Gasteiger charge is 2.34. The molecule has 0 bridgehead atoms. The van der Waals surface area contributed by atoms with E-state index in [0.717, 1.165) is 73.8 Å². The maximum absolute atomic E-state index is 13.7. The second-order valence-corrected chi connectivity index (χ2v) is 11.1. The summed E-state index contributed by atoms with van der Waals surface area (Å²) in [6.45, 7) is 6.74. The number of piperazine rings is 1. The van der Waals surface area contributed by atoms with Crippen molar-refractivity contribution in [1.82, 2.24) is 35.0 Å². The highest BCUT2D eigenvalue weighted by molar-refractivity contribution is 5.85. The van der Waals surface area contributed by atoms with Crippen molar-refractivity contribution in [2.75, 3.05) is 39.9 Å². The number of rotatable bonds is 9. The van der Waals surface area contributed by atoms with Gasteiger partial charge in [0.2, 0.25) is 0 Å². The van der Waals surface area contributed by atoms with Gasteiger partial charge >= 0.3 is 0 Å². The molecule has 1 unspecified atom stereocenters. The maximum atomic E-state index is 13.7. The fraction of sp³-hybridized carbons (Fsp3) is 0.484. The molecule has 0 amide bonds. The van der Waals surface area contributed by atoms with E-state index < -0.39 is 0 Å². The van der Waals surface area contributed by atoms with Crippen LogP contribution in [-0.2, 0) is 6.54 Å². The molecule has 1 aliphatic heterocycles. The van der Waals surface area contributed by atoms with Crippen LogP contribution in [0.5, 0.6) is 11.5 Å². The van der Waals surface area contributed by atoms with E-state index in [2.05, 4.69) is 42.4 Å². The summed E-state index contributed by atoms with van der Waals surface area (Å²) in [6.07, 6.45) is 5.72. The smallest absolute Gasteiger partial charge is 0.253 e. The van der Waals surface area contributed by atoms with Crippen molar-refractivity contribution in [3.8, 4) is 11.5 Å². The van der Waals surface area contributed by atoms with Crippen LogP contribution in [0, 0.1) is 0 Å². The summed E-state index contributed by atoms with van der Waals surface area (Å²) in [6, 6.07) is 15.9. The number of H-pyrrole nitrogens is 1. The molecule has 4 aromatic rings. The molecule has 2 fully saturated rings. The van der Waals surface area contributed by atoms with Gasteiger partial charge in [-0.3, -0.25) is 14.6 Å². The van der Waals surface area contributed by atoms with Gasteiger partial charge in [0, 0.05) is 49.2 Å². The van der Waals surface area contributed by atoms with Crippen molar-refractivity contribution < 1.29 is 9.47 Å². The molecule has 1 saturated carbocycles. The van der Waals surface area contributed by atoms with E-state index in [0.29, 0.717) is 12.2 Å². The van der Waals surface area contributed by atoms with Gasteiger partial charge in [0.15, 0.2) is 5.82 Å². The predicted molar refractivity (Wildman–Crippen MR) is 165 cm³/mol. The topological polar surface area (TPSA) is 101 Å². The van der Waals surface area contributed by atoms with Gasteiger partial charge in [-0.1, -0.05) is 31.4 Å². The molecule has 2 aromatic heterocycles. The Hall–Kier alpha value is -3.47. The number of pyridine rings is 1. The lowest BCUT2D eigenvalue weighted by atomic mass is 9.95. The lowest BCUT2D eigenvalue weighted by molar-refractivity contribution is 0.0982. The minimum atomic E-state index is -0.352. The summed E-state index contributed by atoms with van der Waals surface area (Å²) < 4.78 is 13.2. The minimum Gasteiger partial charge on any atom is -0.497 e. The Morgan fingerprint density at radius 1 is 1.00 bits per heavy atom. The molecule has 0 radical (unpaired) electrons. The molecule has 6 rings (SSSR count). The zero-order chi connectivity index (χ0) is 28.2. The van der Waals surface area contributed by atoms with E-state index in [1.807, 2.05) is 48.0 Å². The molecule has 1 N–H and O–H groups in total. The van der Waals surface area contributed by atoms with Gasteiger partial charge in [0.05, 0.1) is 19.8 Å². The zero-order valence-electron chi connectivity index (χ0n) is 24.4. The number of nitrogens with zero attached hydrogens (tertiary/aromatic N) is 6. The fourth-order valence-electron chi connectivity index (χ4n) is 6.34. The number of aromatic nitrogens is 5. The van der Waals surface area contributed by atoms with Crippen LogP contribution < -0.4 is 15.0 Å². The van der Waals surface area contributed by atoms with Crippen molar-refractivity contribution in [3.63, 3.8) is 0 Å². The molecule has 11 heteroatoms. The van der Waals surface area contributed by atoms with Crippen LogP contribution in [0.15, 0.2) is 53.3 Å². The third-order valence-electron chi connectivity index (χ3n) is 8.45. The number of benzene rings is 2. The Bertz CT molecular complexity index is 1530. The van der Waals surface area contributed by atoms with Crippen molar-refractivity contribution >= 4 is 23.3 Å². The fourth-order valence-corrected chi connectivity index (χ4v) is 6.34. The van der Waals surface area contributed by atoms with Gasteiger partial charge in [0.25, 0.3) is 5.56 Å². The molecule has 42 heavy (non-hydrogen) atoms. The van der Waals surface area contributed by atoms with E-state index in [1.165, 1.54) is 24.8 Å². The lowest BCUT2D eigenvalue weighted by Crippen LogP contribution is -2.48. The summed E-state index contributed by atoms with van der Waals surface area (Å²) in [5, 5.41) is 14.1. The summed E-state index contributed by atoms with van der Waals surface area (Å²) in [4.78, 5) is 21.6. The Balaban J connectivity index is 0.00000353. The maximum Gasteiger partial charge on any atom is 0.253 e. The predicted octanol–water partition coefficient (Wildman–Crippen LogP) is 4.76. The Kier molecular flexibility index (Phi) is 9.76. The number of nitrogens with one attached hydrogen (secondary N) is 1. The SMILES string of the molecule is CCOc1ccc2[nH]c(=O)c(C(c3nnnn3C3CCCCC3)N3CCN(Cc4cccc(OC)c4)CC3)cc2c1.Cl. The first-order valence-corrected chi connectivity index (χ1v) is 14.8. The van der Waals surface area contributed by atoms with Crippen LogP contribution in [-0.4, -0.2) is 74.9 Å². The van der Waals surface area contributed by atoms with E-state index in [1.54, 1.807) is 7.11 Å². The molecular weight excluding hydrogens is 554 g/mol. The highest BCUT2D eigenvalue weighted by atomic mass is 35.5. The molecule has 2 aromatic carbocycles. The number of methoxy groups -OCH3 is 1. The molecule has 0 spiro atoms. The Labute approximate surface area is 252 Å². The van der Waals surface area contributed by atoms with E-state index >= 15 is 0 Å². The normalized spacial score (nSPS) is 17.6. The third kappa shape index (κ3) is 6.45. The number of tetrazole rings is 1. The van der Waals surface area contributed by atoms with Crippen LogP contribution >= 0.6 is 12.4 Å². The number of hydrogen-bond donors (Lipinski definition) is 1. The first-order valence-electron chi connectivity index (χ1n) is 14.8. The van der Waals surface area contributed by atoms with Crippen molar-refractivity contribution in [2.45, 2.75) is 57.7 Å². The first kappa shape index (κ1) is 30.0. The average molecular weight is 594 g/mol. The van der Waals surface area contributed by atoms with Gasteiger partial charge in [0.1, 0.15) is 17.5 Å². The van der Waals surface area contributed by atoms with E-state index in [9.17, 15) is 4.79 Å². The van der Waals surface area contributed by atoms with E-state index in [4.69, 9.17) is 9.47 Å². The Morgan fingerprint density at radius 3 is 2.57 bits per heavy atom. The second-order valence-electron chi connectivity index (χ2n) is 11.1. The number of hydrogen-bond acceptors (Lipinski definition) is 8. The Morgan fingerprint density at radius 2 is 1.81 bits per heavy atom. The number of ether oxygens (including phenoxy) is 2. The average Bonchev–Trinajstić information content (AvgIpc) is 3.49. The third-order valence-corrected chi connectivity index (χ3v) is 8.45. The largest absolute Gasteiger partial charge is 0.497 e. The van der Waals surface area contributed by atoms with Crippen molar-refractivity contribution in [2.24, 2.45) is 0 Å². The van der Waals surface area contributed by atoms with Gasteiger partial charge in [-0.2, -0.15) is 0 Å². The second kappa shape index (κ2) is 13.7. The number of fused-ring (bicyclic) bond motifs is 1. The van der Waals surface area contributed by atoms with Crippen molar-refractivity contribution in [1.29, 1.82) is 0 Å². The molecule has 10 nitrogen and oxygen atoms in total. The number of aromatic amines is 1. The molecule has 1 aliphatic carbocycles. The molecular formula is C31H40ClN7O3. The van der Waals surface area contributed by atoms with Gasteiger partial charge < -0.3 is 14.5 Å². The summed E-state index contributed by atoms with van der Waals surface area (Å²) in [7, 11) is 1.70. The molecule has 1 saturated heterocycles. The van der Waals surface area contributed by atoms with Crippen LogP contribution in [0.2, 0.25) is 0 Å². The van der Waals surface area contributed by atoms with Gasteiger partial charge in [-0.05, 0) is 72.2 Å². The first-order chi connectivity index (χ1) is 20.1. The molecule has 2 aliphatic rings. The molecule has 224 valence electrons. The van der Waals surface area contributed by atoms with Crippen molar-refractivity contribution in [3.05, 3.63) is 75.8 Å². The standard InChI is InChI=1S/C31H39N7O3.ClH/c1-3-41-26-12-13-28-23(19-26)20-27(31(39)32-28)29(30-33-34-35-38(30)24-9-5-4-6-10-24)37-16-14-36(15-17-37)21-22-8-7-11-25(18-22)40-2;/h7-8,11-13,18-20,24,29H,3-6,9-10,14-17,21H2,1-2H3,(H,32,39);1H. The van der Waals surface area contributed by atoms with Gasteiger partial charge in [-0.15, -0.1) is 17.5 Å². The lowest BCUT2D eigenvalue weighted by Gasteiger charge is -2.39.